The van der Waals surface area contributed by atoms with E-state index in [0.29, 0.717) is 0 Å². The molecule has 2 heteroatoms. The molecule has 1 aliphatic rings. The minimum absolute atomic E-state index is 0.856. The molecule has 1 fully saturated rings. The van der Waals surface area contributed by atoms with Crippen molar-refractivity contribution in [1.82, 2.24) is 4.90 Å². The zero-order valence-electron chi connectivity index (χ0n) is 11.8. The average molecular weight is 238 g/mol. The van der Waals surface area contributed by atoms with Gasteiger partial charge in [0.15, 0.2) is 0 Å². The fourth-order valence-electron chi connectivity index (χ4n) is 2.59. The van der Waals surface area contributed by atoms with E-state index in [1.54, 1.807) is 0 Å². The number of nitriles is 1. The van der Waals surface area contributed by atoms with Crippen LogP contribution in [0, 0.1) is 11.8 Å². The molecule has 0 radical (unpaired) electrons. The molecule has 1 heterocycles. The van der Waals surface area contributed by atoms with Crippen molar-refractivity contribution in [1.29, 1.82) is 5.26 Å². The minimum atomic E-state index is 0.856. The molecule has 0 spiro atoms. The number of piperidine rings is 1. The quantitative estimate of drug-likeness (QED) is 0.616. The highest BCUT2D eigenvalue weighted by Crippen LogP contribution is 2.17. The zero-order chi connectivity index (χ0) is 12.9. The molecule has 100 valence electrons. The lowest BCUT2D eigenvalue weighted by Gasteiger charge is -2.33. The smallest absolute Gasteiger partial charge is 0.0462 e. The Bertz CT molecular complexity index is 177. The van der Waals surface area contributed by atoms with Crippen LogP contribution in [-0.4, -0.2) is 24.0 Å². The second kappa shape index (κ2) is 11.9. The third-order valence-electron chi connectivity index (χ3n) is 3.74. The summed E-state index contributed by atoms with van der Waals surface area (Å²) in [4.78, 5) is 2.70. The van der Waals surface area contributed by atoms with E-state index < -0.39 is 0 Å². The van der Waals surface area contributed by atoms with Crippen molar-refractivity contribution >= 4 is 0 Å². The van der Waals surface area contributed by atoms with Crippen LogP contribution in [0.4, 0.5) is 0 Å². The highest BCUT2D eigenvalue weighted by molar-refractivity contribution is 4.72. The summed E-state index contributed by atoms with van der Waals surface area (Å²) in [6.45, 7) is 10.9. The van der Waals surface area contributed by atoms with Crippen molar-refractivity contribution in [2.24, 2.45) is 0 Å². The Morgan fingerprint density at radius 2 is 1.71 bits per heavy atom. The highest BCUT2D eigenvalue weighted by atomic mass is 15.1. The lowest BCUT2D eigenvalue weighted by Crippen LogP contribution is -2.37. The number of hydrogen-bond donors (Lipinski definition) is 0. The van der Waals surface area contributed by atoms with Gasteiger partial charge < -0.3 is 4.90 Å². The molecule has 0 amide bonds. The molecule has 1 rings (SSSR count). The third kappa shape index (κ3) is 8.21. The van der Waals surface area contributed by atoms with Crippen LogP contribution in [0.3, 0.4) is 0 Å². The molecule has 2 nitrogen and oxygen atoms in total. The summed E-state index contributed by atoms with van der Waals surface area (Å²) in [5, 5.41) is 6.50. The monoisotopic (exact) mass is 238 g/mol. The Balaban J connectivity index is 0.00000121. The largest absolute Gasteiger partial charge is 0.301 e. The summed E-state index contributed by atoms with van der Waals surface area (Å²) in [7, 11) is 0. The first-order valence-electron chi connectivity index (χ1n) is 7.34. The maximum Gasteiger partial charge on any atom is 0.0462 e. The van der Waals surface area contributed by atoms with E-state index in [9.17, 15) is 0 Å². The van der Waals surface area contributed by atoms with Crippen LogP contribution in [-0.2, 0) is 0 Å². The number of unbranched alkanes of at least 4 members (excludes halogenated alkanes) is 5. The van der Waals surface area contributed by atoms with Crippen LogP contribution >= 0.6 is 0 Å². The van der Waals surface area contributed by atoms with Crippen LogP contribution in [0.25, 0.3) is 0 Å². The van der Waals surface area contributed by atoms with Gasteiger partial charge in [-0.1, -0.05) is 45.4 Å². The maximum atomic E-state index is 6.50. The molecular weight excluding hydrogens is 208 g/mol. The van der Waals surface area contributed by atoms with Gasteiger partial charge in [-0.3, -0.25) is 0 Å². The predicted octanol–water partition coefficient (Wildman–Crippen LogP) is 4.36. The van der Waals surface area contributed by atoms with Crippen LogP contribution in [0.15, 0.2) is 0 Å². The SMILES string of the molecule is C#N.CCCCCCCCN1CCCCC1C. The van der Waals surface area contributed by atoms with Crippen LogP contribution in [0.5, 0.6) is 0 Å². The van der Waals surface area contributed by atoms with E-state index in [2.05, 4.69) is 25.3 Å². The van der Waals surface area contributed by atoms with Crippen molar-refractivity contribution < 1.29 is 0 Å². The standard InChI is InChI=1S/C14H29N.CHN/c1-3-4-5-6-7-9-12-15-13-10-8-11-14(15)2;1-2/h14H,3-13H2,1-2H3;1H. The van der Waals surface area contributed by atoms with Crippen molar-refractivity contribution in [3.63, 3.8) is 0 Å². The van der Waals surface area contributed by atoms with Gasteiger partial charge in [-0.05, 0) is 39.3 Å². The van der Waals surface area contributed by atoms with Gasteiger partial charge >= 0.3 is 0 Å². The lowest BCUT2D eigenvalue weighted by molar-refractivity contribution is 0.157. The first-order chi connectivity index (χ1) is 8.34. The van der Waals surface area contributed by atoms with Crippen molar-refractivity contribution in [3.05, 3.63) is 0 Å². The Labute approximate surface area is 108 Å². The second-order valence-electron chi connectivity index (χ2n) is 5.15. The van der Waals surface area contributed by atoms with E-state index >= 15 is 0 Å². The summed E-state index contributed by atoms with van der Waals surface area (Å²) in [6.07, 6.45) is 12.9. The van der Waals surface area contributed by atoms with Gasteiger partial charge in [0.2, 0.25) is 0 Å². The fraction of sp³-hybridized carbons (Fsp3) is 0.933. The molecule has 0 aliphatic carbocycles. The molecular formula is C15H30N2. The van der Waals surface area contributed by atoms with E-state index in [4.69, 9.17) is 5.26 Å². The molecule has 0 aromatic rings. The third-order valence-corrected chi connectivity index (χ3v) is 3.74. The van der Waals surface area contributed by atoms with Crippen molar-refractivity contribution in [2.75, 3.05) is 13.1 Å². The number of hydrogen-bond acceptors (Lipinski definition) is 2. The van der Waals surface area contributed by atoms with E-state index in [1.807, 2.05) is 0 Å². The Morgan fingerprint density at radius 1 is 1.06 bits per heavy atom. The lowest BCUT2D eigenvalue weighted by atomic mass is 10.0. The van der Waals surface area contributed by atoms with E-state index in [1.165, 1.54) is 70.9 Å². The Hall–Kier alpha value is -0.550. The second-order valence-corrected chi connectivity index (χ2v) is 5.15. The van der Waals surface area contributed by atoms with E-state index in [-0.39, 0.29) is 0 Å². The van der Waals surface area contributed by atoms with Crippen LogP contribution in [0.2, 0.25) is 0 Å². The van der Waals surface area contributed by atoms with Gasteiger partial charge in [-0.15, -0.1) is 0 Å². The molecule has 0 saturated carbocycles. The fourth-order valence-corrected chi connectivity index (χ4v) is 2.59. The van der Waals surface area contributed by atoms with Gasteiger partial charge in [0, 0.05) is 12.6 Å². The first-order valence-corrected chi connectivity index (χ1v) is 7.34. The van der Waals surface area contributed by atoms with Gasteiger partial charge in [-0.25, -0.2) is 5.26 Å². The van der Waals surface area contributed by atoms with Gasteiger partial charge in [0.1, 0.15) is 0 Å². The molecule has 1 aliphatic heterocycles. The number of rotatable bonds is 7. The molecule has 17 heavy (non-hydrogen) atoms. The maximum absolute atomic E-state index is 6.50. The summed E-state index contributed by atoms with van der Waals surface area (Å²) >= 11 is 0. The van der Waals surface area contributed by atoms with Crippen LogP contribution < -0.4 is 0 Å². The normalized spacial score (nSPS) is 20.6. The summed E-state index contributed by atoms with van der Waals surface area (Å²) in [5.74, 6) is 0. The molecule has 1 saturated heterocycles. The minimum Gasteiger partial charge on any atom is -0.301 e. The summed E-state index contributed by atoms with van der Waals surface area (Å²) in [6, 6.07) is 0.856. The Morgan fingerprint density at radius 3 is 2.35 bits per heavy atom. The first kappa shape index (κ1) is 16.4. The topological polar surface area (TPSA) is 27.0 Å². The number of likely N-dealkylation sites (tertiary alicyclic amines) is 1. The molecule has 0 N–H and O–H groups in total. The average Bonchev–Trinajstić information content (AvgIpc) is 2.38. The van der Waals surface area contributed by atoms with Crippen molar-refractivity contribution in [2.45, 2.75) is 77.7 Å². The van der Waals surface area contributed by atoms with E-state index in [0.717, 1.165) is 6.04 Å². The molecule has 1 unspecified atom stereocenters. The highest BCUT2D eigenvalue weighted by Gasteiger charge is 2.16. The summed E-state index contributed by atoms with van der Waals surface area (Å²) < 4.78 is 0. The zero-order valence-corrected chi connectivity index (χ0v) is 11.8. The molecule has 0 aromatic heterocycles. The number of nitrogens with zero attached hydrogens (tertiary/aromatic N) is 2. The molecule has 0 bridgehead atoms. The predicted molar refractivity (Wildman–Crippen MR) is 74.9 cm³/mol. The van der Waals surface area contributed by atoms with Gasteiger partial charge in [0.25, 0.3) is 0 Å². The van der Waals surface area contributed by atoms with Crippen molar-refractivity contribution in [3.8, 4) is 6.57 Å². The summed E-state index contributed by atoms with van der Waals surface area (Å²) in [5.41, 5.74) is 0. The van der Waals surface area contributed by atoms with Gasteiger partial charge in [-0.2, -0.15) is 0 Å². The molecule has 1 atom stereocenters. The van der Waals surface area contributed by atoms with Gasteiger partial charge in [0.05, 0.1) is 0 Å². The Kier molecular flexibility index (Phi) is 11.5. The molecule has 0 aromatic carbocycles. The van der Waals surface area contributed by atoms with Crippen LogP contribution in [0.1, 0.15) is 71.6 Å².